The van der Waals surface area contributed by atoms with Crippen molar-refractivity contribution in [3.05, 3.63) is 16.0 Å². The van der Waals surface area contributed by atoms with E-state index in [1.54, 1.807) is 6.07 Å². The van der Waals surface area contributed by atoms with Crippen LogP contribution in [-0.2, 0) is 40.1 Å². The van der Waals surface area contributed by atoms with Crippen molar-refractivity contribution in [2.75, 3.05) is 6.61 Å². The fourth-order valence-electron chi connectivity index (χ4n) is 3.23. The molecule has 0 spiro atoms. The van der Waals surface area contributed by atoms with Crippen LogP contribution >= 0.6 is 0 Å². The molecular weight excluding hydrogens is 432 g/mol. The maximum atomic E-state index is 13.1. The summed E-state index contributed by atoms with van der Waals surface area (Å²) in [5.41, 5.74) is -1.52. The number of carbonyl (C=O) groups excluding carboxylic acids is 3. The molecule has 1 fully saturated rings. The van der Waals surface area contributed by atoms with Crippen molar-refractivity contribution in [3.8, 4) is 6.07 Å². The molecule has 1 aliphatic rings. The third-order valence-corrected chi connectivity index (χ3v) is 4.40. The molecule has 2 aromatic rings. The lowest BCUT2D eigenvalue weighted by Gasteiger charge is -2.23. The molecule has 1 saturated heterocycles. The molecule has 1 N–H and O–H groups in total. The summed E-state index contributed by atoms with van der Waals surface area (Å²) in [6.45, 7) is 2.26. The van der Waals surface area contributed by atoms with Crippen molar-refractivity contribution in [2.24, 2.45) is 0 Å². The minimum Gasteiger partial charge on any atom is -0.463 e. The normalized spacial score (nSPS) is 22.3. The Bertz CT molecular complexity index is 1170. The number of nitriles is 1. The third-order valence-electron chi connectivity index (χ3n) is 4.40. The van der Waals surface area contributed by atoms with Gasteiger partial charge in [-0.3, -0.25) is 19.2 Å². The number of rotatable bonds is 6. The second-order valence-corrected chi connectivity index (χ2v) is 6.65. The molecule has 170 valence electrons. The third kappa shape index (κ3) is 4.26. The molecule has 4 atom stereocenters. The van der Waals surface area contributed by atoms with E-state index < -0.39 is 54.7 Å². The monoisotopic (exact) mass is 450 g/mol. The van der Waals surface area contributed by atoms with Crippen molar-refractivity contribution < 1.29 is 38.4 Å². The number of aromatic nitrogens is 5. The minimum absolute atomic E-state index is 0.155. The van der Waals surface area contributed by atoms with Crippen LogP contribution < -0.4 is 5.56 Å². The molecule has 15 nitrogen and oxygen atoms in total. The fourth-order valence-corrected chi connectivity index (χ4v) is 3.23. The van der Waals surface area contributed by atoms with Crippen LogP contribution in [0.25, 0.3) is 11.0 Å². The highest BCUT2D eigenvalue weighted by molar-refractivity contribution is 5.78. The number of hydrogen-bond acceptors (Lipinski definition) is 13. The van der Waals surface area contributed by atoms with Gasteiger partial charge in [-0.2, -0.15) is 15.0 Å². The number of nitrogens with zero attached hydrogens (tertiary/aromatic N) is 6. The van der Waals surface area contributed by atoms with Gasteiger partial charge in [-0.05, 0) is 0 Å². The SMILES string of the molecule is CC(=O)OCC1OC(n2nnc3c(C#N)nn(CO)c3c2=O)C(OC(C)=O)C1OC(C)=O. The highest BCUT2D eigenvalue weighted by atomic mass is 16.7. The van der Waals surface area contributed by atoms with E-state index in [9.17, 15) is 24.3 Å². The minimum atomic E-state index is -1.44. The maximum Gasteiger partial charge on any atom is 0.303 e. The first kappa shape index (κ1) is 22.8. The zero-order chi connectivity index (χ0) is 23.6. The summed E-state index contributed by atoms with van der Waals surface area (Å²) in [7, 11) is 0. The van der Waals surface area contributed by atoms with Gasteiger partial charge in [0, 0.05) is 20.8 Å². The number of ether oxygens (including phenoxy) is 4. The van der Waals surface area contributed by atoms with Crippen LogP contribution in [0.15, 0.2) is 4.79 Å². The predicted octanol–water partition coefficient (Wildman–Crippen LogP) is -1.87. The lowest BCUT2D eigenvalue weighted by molar-refractivity contribution is -0.166. The zero-order valence-corrected chi connectivity index (χ0v) is 17.1. The smallest absolute Gasteiger partial charge is 0.303 e. The quantitative estimate of drug-likeness (QED) is 0.380. The van der Waals surface area contributed by atoms with Gasteiger partial charge in [-0.25, -0.2) is 4.68 Å². The fraction of sp³-hybridized carbons (Fsp3) is 0.529. The molecule has 2 aromatic heterocycles. The van der Waals surface area contributed by atoms with Crippen LogP contribution in [0.2, 0.25) is 0 Å². The first-order valence-electron chi connectivity index (χ1n) is 9.18. The van der Waals surface area contributed by atoms with Gasteiger partial charge in [-0.1, -0.05) is 5.21 Å². The van der Waals surface area contributed by atoms with Gasteiger partial charge in [0.2, 0.25) is 0 Å². The van der Waals surface area contributed by atoms with Crippen LogP contribution in [0, 0.1) is 11.3 Å². The molecule has 3 rings (SSSR count). The van der Waals surface area contributed by atoms with E-state index in [-0.39, 0.29) is 23.3 Å². The summed E-state index contributed by atoms with van der Waals surface area (Å²) in [5, 5.41) is 30.0. The first-order chi connectivity index (χ1) is 15.2. The van der Waals surface area contributed by atoms with E-state index in [1.807, 2.05) is 0 Å². The lowest BCUT2D eigenvalue weighted by atomic mass is 10.1. The van der Waals surface area contributed by atoms with Gasteiger partial charge < -0.3 is 24.1 Å². The van der Waals surface area contributed by atoms with Crippen LogP contribution in [0.3, 0.4) is 0 Å². The highest BCUT2D eigenvalue weighted by Gasteiger charge is 2.51. The number of aliphatic hydroxyl groups is 1. The Morgan fingerprint density at radius 2 is 1.81 bits per heavy atom. The first-order valence-corrected chi connectivity index (χ1v) is 9.18. The molecule has 15 heteroatoms. The Kier molecular flexibility index (Phi) is 6.46. The molecule has 3 heterocycles. The van der Waals surface area contributed by atoms with Crippen LogP contribution in [0.5, 0.6) is 0 Å². The Morgan fingerprint density at radius 3 is 2.38 bits per heavy atom. The van der Waals surface area contributed by atoms with Gasteiger partial charge in [-0.15, -0.1) is 5.10 Å². The Hall–Kier alpha value is -3.90. The van der Waals surface area contributed by atoms with Gasteiger partial charge in [0.1, 0.15) is 25.5 Å². The molecule has 0 amide bonds. The molecule has 4 unspecified atom stereocenters. The van der Waals surface area contributed by atoms with Gasteiger partial charge in [0.05, 0.1) is 0 Å². The van der Waals surface area contributed by atoms with E-state index in [0.29, 0.717) is 4.68 Å². The summed E-state index contributed by atoms with van der Waals surface area (Å²) in [4.78, 5) is 47.7. The largest absolute Gasteiger partial charge is 0.463 e. The van der Waals surface area contributed by atoms with Crippen LogP contribution in [0.1, 0.15) is 32.7 Å². The second-order valence-electron chi connectivity index (χ2n) is 6.65. The van der Waals surface area contributed by atoms with Crippen molar-refractivity contribution in [3.63, 3.8) is 0 Å². The van der Waals surface area contributed by atoms with Crippen molar-refractivity contribution >= 4 is 28.9 Å². The molecule has 32 heavy (non-hydrogen) atoms. The number of esters is 3. The van der Waals surface area contributed by atoms with E-state index in [0.717, 1.165) is 25.5 Å². The number of fused-ring (bicyclic) bond motifs is 1. The number of hydrogen-bond donors (Lipinski definition) is 1. The van der Waals surface area contributed by atoms with Gasteiger partial charge in [0.25, 0.3) is 5.56 Å². The molecular formula is C17H18N6O9. The number of carbonyl (C=O) groups is 3. The average Bonchev–Trinajstić information content (AvgIpc) is 3.25. The Morgan fingerprint density at radius 1 is 1.16 bits per heavy atom. The van der Waals surface area contributed by atoms with Crippen molar-refractivity contribution in [2.45, 2.75) is 52.0 Å². The standard InChI is InChI=1S/C17H18N6O9/c1-7(25)29-5-11-14(30-8(2)26)15(31-9(3)27)17(32-11)23-16(28)13-12(19-21-23)10(4-18)20-22(13)6-24/h11,14-15,17,24H,5-6H2,1-3H3. The van der Waals surface area contributed by atoms with Crippen LogP contribution in [-0.4, -0.2) is 72.7 Å². The molecule has 0 bridgehead atoms. The lowest BCUT2D eigenvalue weighted by Crippen LogP contribution is -2.42. The van der Waals surface area contributed by atoms with Crippen molar-refractivity contribution in [1.82, 2.24) is 24.8 Å². The summed E-state index contributed by atoms with van der Waals surface area (Å²) >= 11 is 0. The van der Waals surface area contributed by atoms with Gasteiger partial charge >= 0.3 is 17.9 Å². The zero-order valence-electron chi connectivity index (χ0n) is 17.1. The maximum absolute atomic E-state index is 13.1. The van der Waals surface area contributed by atoms with Crippen LogP contribution in [0.4, 0.5) is 0 Å². The Balaban J connectivity index is 2.12. The topological polar surface area (TPSA) is 198 Å². The van der Waals surface area contributed by atoms with Gasteiger partial charge in [0.15, 0.2) is 35.2 Å². The van der Waals surface area contributed by atoms with E-state index in [1.165, 1.54) is 0 Å². The summed E-state index contributed by atoms with van der Waals surface area (Å²) < 4.78 is 22.7. The van der Waals surface area contributed by atoms with E-state index >= 15 is 0 Å². The van der Waals surface area contributed by atoms with E-state index in [2.05, 4.69) is 15.4 Å². The van der Waals surface area contributed by atoms with Crippen molar-refractivity contribution in [1.29, 1.82) is 5.26 Å². The summed E-state index contributed by atoms with van der Waals surface area (Å²) in [6.07, 6.45) is -5.16. The highest BCUT2D eigenvalue weighted by Crippen LogP contribution is 2.33. The Labute approximate surface area is 179 Å². The molecule has 1 aliphatic heterocycles. The molecule has 0 saturated carbocycles. The predicted molar refractivity (Wildman–Crippen MR) is 98.2 cm³/mol. The molecule has 0 aliphatic carbocycles. The van der Waals surface area contributed by atoms with E-state index in [4.69, 9.17) is 24.2 Å². The summed E-state index contributed by atoms with van der Waals surface area (Å²) in [5.74, 6) is -2.16. The second kappa shape index (κ2) is 9.08. The molecule has 0 radical (unpaired) electrons. The number of aliphatic hydroxyl groups excluding tert-OH is 1. The summed E-state index contributed by atoms with van der Waals surface area (Å²) in [6, 6.07) is 1.74. The average molecular weight is 450 g/mol. The molecule has 0 aromatic carbocycles.